The molecule has 0 bridgehead atoms. The van der Waals surface area contributed by atoms with Gasteiger partial charge in [-0.05, 0) is 56.8 Å². The van der Waals surface area contributed by atoms with Crippen molar-refractivity contribution in [2.45, 2.75) is 56.0 Å². The minimum Gasteiger partial charge on any atom is -0.389 e. The molecule has 2 N–H and O–H groups in total. The zero-order chi connectivity index (χ0) is 16.5. The minimum atomic E-state index is -2.56. The van der Waals surface area contributed by atoms with E-state index < -0.39 is 11.5 Å². The van der Waals surface area contributed by atoms with E-state index in [9.17, 15) is 13.9 Å². The zero-order valence-electron chi connectivity index (χ0n) is 13.1. The van der Waals surface area contributed by atoms with E-state index in [4.69, 9.17) is 11.6 Å². The molecule has 1 aromatic rings. The molecule has 0 aromatic carbocycles. The minimum absolute atomic E-state index is 0.0337. The lowest BCUT2D eigenvalue weighted by Crippen LogP contribution is -2.49. The number of rotatable bonds is 3. The molecule has 1 atom stereocenters. The fourth-order valence-electron chi connectivity index (χ4n) is 4.09. The summed E-state index contributed by atoms with van der Waals surface area (Å²) < 4.78 is 27.1. The standard InChI is InChI=1S/C17H23ClF2N2O/c18-13-1-2-14(22-11-13)15(16(23)7-9-21-10-8-16)12-3-5-17(19,20)6-4-12/h1-2,11-12,15,21,23H,3-10H2/t15-/m0/s1. The number of nitrogens with zero attached hydrogens (tertiary/aromatic N) is 1. The van der Waals surface area contributed by atoms with Gasteiger partial charge >= 0.3 is 0 Å². The highest BCUT2D eigenvalue weighted by molar-refractivity contribution is 6.30. The van der Waals surface area contributed by atoms with Crippen molar-refractivity contribution in [1.82, 2.24) is 10.3 Å². The Hall–Kier alpha value is -0.780. The molecule has 128 valence electrons. The largest absolute Gasteiger partial charge is 0.389 e. The second kappa shape index (κ2) is 6.61. The Morgan fingerprint density at radius 2 is 1.83 bits per heavy atom. The number of hydrogen-bond donors (Lipinski definition) is 2. The summed E-state index contributed by atoms with van der Waals surface area (Å²) in [6.07, 6.45) is 3.47. The van der Waals surface area contributed by atoms with Gasteiger partial charge in [-0.2, -0.15) is 0 Å². The van der Waals surface area contributed by atoms with E-state index in [0.717, 1.165) is 18.8 Å². The summed E-state index contributed by atoms with van der Waals surface area (Å²) in [6.45, 7) is 1.48. The van der Waals surface area contributed by atoms with Crippen molar-refractivity contribution in [1.29, 1.82) is 0 Å². The molecule has 1 aliphatic heterocycles. The van der Waals surface area contributed by atoms with Gasteiger partial charge in [0.25, 0.3) is 0 Å². The molecule has 3 rings (SSSR count). The Balaban J connectivity index is 1.88. The summed E-state index contributed by atoms with van der Waals surface area (Å²) in [6, 6.07) is 3.60. The molecule has 0 unspecified atom stereocenters. The second-order valence-corrected chi connectivity index (χ2v) is 7.36. The van der Waals surface area contributed by atoms with Gasteiger partial charge < -0.3 is 10.4 Å². The predicted molar refractivity (Wildman–Crippen MR) is 85.9 cm³/mol. The lowest BCUT2D eigenvalue weighted by Gasteiger charge is -2.45. The maximum atomic E-state index is 13.5. The first-order valence-corrected chi connectivity index (χ1v) is 8.70. The molecule has 1 saturated heterocycles. The van der Waals surface area contributed by atoms with Crippen LogP contribution in [0.2, 0.25) is 5.02 Å². The van der Waals surface area contributed by atoms with E-state index in [1.54, 1.807) is 12.3 Å². The van der Waals surface area contributed by atoms with Crippen LogP contribution in [0, 0.1) is 5.92 Å². The molecule has 0 spiro atoms. The van der Waals surface area contributed by atoms with Crippen molar-refractivity contribution in [3.8, 4) is 0 Å². The van der Waals surface area contributed by atoms with Crippen LogP contribution in [0.25, 0.3) is 0 Å². The summed E-state index contributed by atoms with van der Waals surface area (Å²) >= 11 is 5.93. The topological polar surface area (TPSA) is 45.2 Å². The fourth-order valence-corrected chi connectivity index (χ4v) is 4.21. The summed E-state index contributed by atoms with van der Waals surface area (Å²) in [4.78, 5) is 4.41. The van der Waals surface area contributed by atoms with Gasteiger partial charge in [-0.25, -0.2) is 8.78 Å². The fraction of sp³-hybridized carbons (Fsp3) is 0.706. The first-order chi connectivity index (χ1) is 10.9. The highest BCUT2D eigenvalue weighted by atomic mass is 35.5. The van der Waals surface area contributed by atoms with Gasteiger partial charge in [0.2, 0.25) is 5.92 Å². The number of alkyl halides is 2. The Morgan fingerprint density at radius 3 is 2.39 bits per heavy atom. The molecule has 23 heavy (non-hydrogen) atoms. The Labute approximate surface area is 140 Å². The average Bonchev–Trinajstić information content (AvgIpc) is 2.52. The third-order valence-electron chi connectivity index (χ3n) is 5.35. The molecule has 3 nitrogen and oxygen atoms in total. The summed E-state index contributed by atoms with van der Waals surface area (Å²) in [5.41, 5.74) is -0.113. The number of piperidine rings is 1. The van der Waals surface area contributed by atoms with Gasteiger partial charge in [0.1, 0.15) is 0 Å². The van der Waals surface area contributed by atoms with E-state index in [0.29, 0.717) is 30.7 Å². The van der Waals surface area contributed by atoms with Gasteiger partial charge in [-0.1, -0.05) is 11.6 Å². The monoisotopic (exact) mass is 344 g/mol. The van der Waals surface area contributed by atoms with Crippen molar-refractivity contribution in [2.75, 3.05) is 13.1 Å². The number of aliphatic hydroxyl groups is 1. The normalized spacial score (nSPS) is 25.9. The third kappa shape index (κ3) is 3.83. The quantitative estimate of drug-likeness (QED) is 0.877. The second-order valence-electron chi connectivity index (χ2n) is 6.93. The lowest BCUT2D eigenvalue weighted by molar-refractivity contribution is -0.0784. The van der Waals surface area contributed by atoms with E-state index >= 15 is 0 Å². The van der Waals surface area contributed by atoms with E-state index in [2.05, 4.69) is 10.3 Å². The van der Waals surface area contributed by atoms with E-state index in [1.807, 2.05) is 6.07 Å². The Kier molecular flexibility index (Phi) is 4.90. The van der Waals surface area contributed by atoms with Crippen LogP contribution < -0.4 is 5.32 Å². The van der Waals surface area contributed by atoms with Gasteiger partial charge in [0, 0.05) is 30.7 Å². The number of pyridine rings is 1. The molecule has 1 saturated carbocycles. The van der Waals surface area contributed by atoms with Crippen LogP contribution in [0.1, 0.15) is 50.1 Å². The van der Waals surface area contributed by atoms with Gasteiger partial charge in [-0.3, -0.25) is 4.98 Å². The molecule has 2 heterocycles. The van der Waals surface area contributed by atoms with Crippen molar-refractivity contribution in [3.63, 3.8) is 0 Å². The van der Waals surface area contributed by atoms with Crippen LogP contribution in [0.4, 0.5) is 8.78 Å². The lowest BCUT2D eigenvalue weighted by atomic mass is 9.66. The first-order valence-electron chi connectivity index (χ1n) is 8.32. The van der Waals surface area contributed by atoms with Crippen LogP contribution in [-0.4, -0.2) is 34.7 Å². The highest BCUT2D eigenvalue weighted by Crippen LogP contribution is 2.48. The summed E-state index contributed by atoms with van der Waals surface area (Å²) in [5.74, 6) is -2.74. The first kappa shape index (κ1) is 17.1. The van der Waals surface area contributed by atoms with Gasteiger partial charge in [-0.15, -0.1) is 0 Å². The van der Waals surface area contributed by atoms with Crippen LogP contribution in [0.15, 0.2) is 18.3 Å². The van der Waals surface area contributed by atoms with Crippen molar-refractivity contribution in [3.05, 3.63) is 29.0 Å². The average molecular weight is 345 g/mol. The molecular weight excluding hydrogens is 322 g/mol. The Bertz CT molecular complexity index is 522. The number of hydrogen-bond acceptors (Lipinski definition) is 3. The van der Waals surface area contributed by atoms with Gasteiger partial charge in [0.15, 0.2) is 0 Å². The third-order valence-corrected chi connectivity index (χ3v) is 5.57. The predicted octanol–water partition coefficient (Wildman–Crippen LogP) is 3.76. The van der Waals surface area contributed by atoms with Crippen LogP contribution in [-0.2, 0) is 0 Å². The van der Waals surface area contributed by atoms with Crippen molar-refractivity contribution in [2.24, 2.45) is 5.92 Å². The molecule has 1 aliphatic carbocycles. The summed E-state index contributed by atoms with van der Waals surface area (Å²) in [5, 5.41) is 15.0. The number of halogens is 3. The zero-order valence-corrected chi connectivity index (χ0v) is 13.8. The summed E-state index contributed by atoms with van der Waals surface area (Å²) in [7, 11) is 0. The SMILES string of the molecule is OC1([C@H](c2ccc(Cl)cn2)C2CCC(F)(F)CC2)CCNCC1. The molecular formula is C17H23ClF2N2O. The maximum Gasteiger partial charge on any atom is 0.248 e. The van der Waals surface area contributed by atoms with Crippen LogP contribution in [0.5, 0.6) is 0 Å². The number of aromatic nitrogens is 1. The van der Waals surface area contributed by atoms with Crippen LogP contribution in [0.3, 0.4) is 0 Å². The van der Waals surface area contributed by atoms with Crippen LogP contribution >= 0.6 is 11.6 Å². The highest BCUT2D eigenvalue weighted by Gasteiger charge is 2.47. The molecule has 0 amide bonds. The maximum absolute atomic E-state index is 13.5. The van der Waals surface area contributed by atoms with Crippen molar-refractivity contribution >= 4 is 11.6 Å². The van der Waals surface area contributed by atoms with E-state index in [1.165, 1.54) is 0 Å². The molecule has 2 aliphatic rings. The molecule has 6 heteroatoms. The van der Waals surface area contributed by atoms with E-state index in [-0.39, 0.29) is 24.7 Å². The molecule has 0 radical (unpaired) electrons. The smallest absolute Gasteiger partial charge is 0.248 e. The van der Waals surface area contributed by atoms with Crippen molar-refractivity contribution < 1.29 is 13.9 Å². The number of nitrogens with one attached hydrogen (secondary N) is 1. The van der Waals surface area contributed by atoms with Gasteiger partial charge in [0.05, 0.1) is 10.6 Å². The Morgan fingerprint density at radius 1 is 1.17 bits per heavy atom. The molecule has 2 fully saturated rings. The molecule has 1 aromatic heterocycles.